The molecule has 0 atom stereocenters. The summed E-state index contributed by atoms with van der Waals surface area (Å²) in [6, 6.07) is 14.1. The van der Waals surface area contributed by atoms with E-state index in [-0.39, 0.29) is 17.4 Å². The number of carbonyl (C=O) groups excluding carboxylic acids is 2. The fourth-order valence-corrected chi connectivity index (χ4v) is 3.17. The molecule has 0 aliphatic carbocycles. The Balaban J connectivity index is 1.70. The number of halogens is 1. The maximum atomic E-state index is 12.4. The Hall–Kier alpha value is -3.18. The topological polar surface area (TPSA) is 71.1 Å². The van der Waals surface area contributed by atoms with Gasteiger partial charge in [0.1, 0.15) is 5.69 Å². The van der Waals surface area contributed by atoms with E-state index in [9.17, 15) is 9.59 Å². The third kappa shape index (κ3) is 4.56. The van der Waals surface area contributed by atoms with Crippen LogP contribution in [-0.2, 0) is 0 Å². The first-order valence-corrected chi connectivity index (χ1v) is 9.13. The van der Waals surface area contributed by atoms with Crippen molar-refractivity contribution in [3.63, 3.8) is 0 Å². The van der Waals surface area contributed by atoms with E-state index in [0.717, 1.165) is 22.5 Å². The number of pyridine rings is 1. The molecule has 6 heteroatoms. The molecule has 0 aliphatic rings. The molecule has 0 spiro atoms. The maximum Gasteiger partial charge on any atom is 0.274 e. The van der Waals surface area contributed by atoms with Gasteiger partial charge in [-0.1, -0.05) is 17.7 Å². The van der Waals surface area contributed by atoms with E-state index in [2.05, 4.69) is 15.6 Å². The Morgan fingerprint density at radius 3 is 2.21 bits per heavy atom. The average molecular weight is 394 g/mol. The number of carbonyl (C=O) groups is 2. The normalized spacial score (nSPS) is 10.4. The molecule has 0 radical (unpaired) electrons. The van der Waals surface area contributed by atoms with Crippen LogP contribution >= 0.6 is 11.6 Å². The summed E-state index contributed by atoms with van der Waals surface area (Å²) < 4.78 is 0. The number of benzene rings is 2. The minimum Gasteiger partial charge on any atom is -0.353 e. The lowest BCUT2D eigenvalue weighted by molar-refractivity contribution is 0.101. The molecule has 2 aromatic carbocycles. The first-order chi connectivity index (χ1) is 13.3. The lowest BCUT2D eigenvalue weighted by atomic mass is 10.1. The lowest BCUT2D eigenvalue weighted by Gasteiger charge is -2.13. The van der Waals surface area contributed by atoms with Crippen molar-refractivity contribution >= 4 is 40.4 Å². The lowest BCUT2D eigenvalue weighted by Crippen LogP contribution is -2.13. The highest BCUT2D eigenvalue weighted by Crippen LogP contribution is 2.30. The molecule has 28 heavy (non-hydrogen) atoms. The zero-order chi connectivity index (χ0) is 20.3. The Morgan fingerprint density at radius 2 is 1.64 bits per heavy atom. The molecule has 0 saturated carbocycles. The summed E-state index contributed by atoms with van der Waals surface area (Å²) in [4.78, 5) is 27.9. The van der Waals surface area contributed by atoms with Crippen LogP contribution in [0, 0.1) is 13.8 Å². The van der Waals surface area contributed by atoms with Crippen molar-refractivity contribution in [3.8, 4) is 0 Å². The second-order valence-electron chi connectivity index (χ2n) is 6.58. The van der Waals surface area contributed by atoms with Crippen molar-refractivity contribution in [2.75, 3.05) is 10.6 Å². The summed E-state index contributed by atoms with van der Waals surface area (Å²) in [6.07, 6.45) is 1.59. The van der Waals surface area contributed by atoms with E-state index in [1.165, 1.54) is 6.92 Å². The van der Waals surface area contributed by atoms with Crippen LogP contribution < -0.4 is 10.6 Å². The highest BCUT2D eigenvalue weighted by Gasteiger charge is 2.10. The second-order valence-corrected chi connectivity index (χ2v) is 6.99. The number of aromatic nitrogens is 1. The highest BCUT2D eigenvalue weighted by molar-refractivity contribution is 6.33. The van der Waals surface area contributed by atoms with Gasteiger partial charge in [-0.3, -0.25) is 9.59 Å². The quantitative estimate of drug-likeness (QED) is 0.557. The van der Waals surface area contributed by atoms with Gasteiger partial charge in [-0.2, -0.15) is 0 Å². The van der Waals surface area contributed by atoms with Gasteiger partial charge in [0.15, 0.2) is 5.78 Å². The van der Waals surface area contributed by atoms with E-state index >= 15 is 0 Å². The molecule has 0 unspecified atom stereocenters. The molecule has 2 N–H and O–H groups in total. The van der Waals surface area contributed by atoms with Crippen molar-refractivity contribution in [2.45, 2.75) is 20.8 Å². The predicted molar refractivity (Wildman–Crippen MR) is 113 cm³/mol. The molecule has 1 amide bonds. The van der Waals surface area contributed by atoms with Gasteiger partial charge >= 0.3 is 0 Å². The standard InChI is InChI=1S/C22H20ClN3O2/c1-13-10-14(2)21(19(23)11-13)25-18-8-9-20(24-12-18)22(28)26-17-6-4-16(5-7-17)15(3)27/h4-12,25H,1-3H3,(H,26,28). The van der Waals surface area contributed by atoms with Crippen molar-refractivity contribution in [1.29, 1.82) is 0 Å². The van der Waals surface area contributed by atoms with Gasteiger partial charge in [0.05, 0.1) is 22.6 Å². The molecular formula is C22H20ClN3O2. The van der Waals surface area contributed by atoms with Crippen LogP contribution in [0.2, 0.25) is 5.02 Å². The van der Waals surface area contributed by atoms with Gasteiger partial charge in [-0.15, -0.1) is 0 Å². The highest BCUT2D eigenvalue weighted by atomic mass is 35.5. The number of hydrogen-bond donors (Lipinski definition) is 2. The summed E-state index contributed by atoms with van der Waals surface area (Å²) in [7, 11) is 0. The van der Waals surface area contributed by atoms with Crippen LogP contribution in [0.25, 0.3) is 0 Å². The zero-order valence-corrected chi connectivity index (χ0v) is 16.6. The number of nitrogens with zero attached hydrogens (tertiary/aromatic N) is 1. The molecular weight excluding hydrogens is 374 g/mol. The van der Waals surface area contributed by atoms with Crippen molar-refractivity contribution in [3.05, 3.63) is 82.1 Å². The van der Waals surface area contributed by atoms with Crippen LogP contribution in [0.5, 0.6) is 0 Å². The number of ketones is 1. The fraction of sp³-hybridized carbons (Fsp3) is 0.136. The summed E-state index contributed by atoms with van der Waals surface area (Å²) in [5.74, 6) is -0.349. The monoisotopic (exact) mass is 393 g/mol. The number of aryl methyl sites for hydroxylation is 2. The van der Waals surface area contributed by atoms with E-state index in [1.54, 1.807) is 42.6 Å². The molecule has 0 fully saturated rings. The van der Waals surface area contributed by atoms with Gasteiger partial charge in [0, 0.05) is 11.3 Å². The maximum absolute atomic E-state index is 12.4. The SMILES string of the molecule is CC(=O)c1ccc(NC(=O)c2ccc(Nc3c(C)cc(C)cc3Cl)cn2)cc1. The predicted octanol–water partition coefficient (Wildman–Crippen LogP) is 5.55. The Kier molecular flexibility index (Phi) is 5.76. The molecule has 0 saturated heterocycles. The largest absolute Gasteiger partial charge is 0.353 e. The number of hydrogen-bond acceptors (Lipinski definition) is 4. The van der Waals surface area contributed by atoms with E-state index in [1.807, 2.05) is 26.0 Å². The summed E-state index contributed by atoms with van der Waals surface area (Å²) in [5.41, 5.74) is 5.15. The zero-order valence-electron chi connectivity index (χ0n) is 15.8. The van der Waals surface area contributed by atoms with E-state index < -0.39 is 0 Å². The van der Waals surface area contributed by atoms with Crippen molar-refractivity contribution in [2.24, 2.45) is 0 Å². The third-order valence-electron chi connectivity index (χ3n) is 4.25. The Morgan fingerprint density at radius 1 is 0.964 bits per heavy atom. The molecule has 0 bridgehead atoms. The number of amides is 1. The van der Waals surface area contributed by atoms with Crippen LogP contribution in [0.15, 0.2) is 54.7 Å². The van der Waals surface area contributed by atoms with Crippen LogP contribution in [0.4, 0.5) is 17.1 Å². The fourth-order valence-electron chi connectivity index (χ4n) is 2.80. The molecule has 1 aromatic heterocycles. The summed E-state index contributed by atoms with van der Waals surface area (Å²) >= 11 is 6.32. The van der Waals surface area contributed by atoms with Crippen molar-refractivity contribution in [1.82, 2.24) is 4.98 Å². The van der Waals surface area contributed by atoms with Gasteiger partial charge in [0.25, 0.3) is 5.91 Å². The van der Waals surface area contributed by atoms with Crippen LogP contribution in [-0.4, -0.2) is 16.7 Å². The molecule has 3 aromatic rings. The first-order valence-electron chi connectivity index (χ1n) is 8.75. The molecule has 0 aliphatic heterocycles. The van der Waals surface area contributed by atoms with Crippen LogP contribution in [0.1, 0.15) is 38.9 Å². The molecule has 5 nitrogen and oxygen atoms in total. The Labute approximate surface area is 168 Å². The second kappa shape index (κ2) is 8.23. The smallest absolute Gasteiger partial charge is 0.274 e. The van der Waals surface area contributed by atoms with E-state index in [0.29, 0.717) is 16.3 Å². The number of nitrogens with one attached hydrogen (secondary N) is 2. The minimum absolute atomic E-state index is 0.0217. The first kappa shape index (κ1) is 19.6. The number of Topliss-reactive ketones (excluding diaryl/α,β-unsaturated/α-hetero) is 1. The van der Waals surface area contributed by atoms with Gasteiger partial charge < -0.3 is 10.6 Å². The number of anilines is 3. The van der Waals surface area contributed by atoms with Gasteiger partial charge in [-0.25, -0.2) is 4.98 Å². The Bertz CT molecular complexity index is 1010. The average Bonchev–Trinajstić information content (AvgIpc) is 2.65. The van der Waals surface area contributed by atoms with Gasteiger partial charge in [-0.05, 0) is 74.4 Å². The third-order valence-corrected chi connectivity index (χ3v) is 4.54. The number of rotatable bonds is 5. The minimum atomic E-state index is -0.327. The van der Waals surface area contributed by atoms with Crippen molar-refractivity contribution < 1.29 is 9.59 Å². The summed E-state index contributed by atoms with van der Waals surface area (Å²) in [5, 5.41) is 6.64. The molecule has 142 valence electrons. The van der Waals surface area contributed by atoms with E-state index in [4.69, 9.17) is 11.6 Å². The molecule has 1 heterocycles. The van der Waals surface area contributed by atoms with Crippen LogP contribution in [0.3, 0.4) is 0 Å². The van der Waals surface area contributed by atoms with Gasteiger partial charge in [0.2, 0.25) is 0 Å². The molecule has 3 rings (SSSR count). The summed E-state index contributed by atoms with van der Waals surface area (Å²) in [6.45, 7) is 5.47.